The minimum absolute atomic E-state index is 0.252. The molecule has 134 valence electrons. The number of rotatable bonds is 2. The summed E-state index contributed by atoms with van der Waals surface area (Å²) in [5.41, 5.74) is 3.94. The summed E-state index contributed by atoms with van der Waals surface area (Å²) in [4.78, 5) is 16.2. The molecule has 0 radical (unpaired) electrons. The van der Waals surface area contributed by atoms with E-state index >= 15 is 0 Å². The van der Waals surface area contributed by atoms with Crippen LogP contribution in [0.5, 0.6) is 0 Å². The van der Waals surface area contributed by atoms with Gasteiger partial charge in [-0.25, -0.2) is 4.79 Å². The van der Waals surface area contributed by atoms with Gasteiger partial charge < -0.3 is 19.6 Å². The lowest BCUT2D eigenvalue weighted by molar-refractivity contribution is 0.0240. The minimum Gasteiger partial charge on any atom is -0.444 e. The highest BCUT2D eigenvalue weighted by Gasteiger charge is 2.27. The number of carbonyl (C=O) groups excluding carboxylic acids is 1. The van der Waals surface area contributed by atoms with E-state index in [4.69, 9.17) is 4.74 Å². The summed E-state index contributed by atoms with van der Waals surface area (Å²) in [6.07, 6.45) is -0.763. The van der Waals surface area contributed by atoms with Gasteiger partial charge in [0, 0.05) is 37.4 Å². The summed E-state index contributed by atoms with van der Waals surface area (Å²) in [6, 6.07) is 4.20. The Morgan fingerprint density at radius 3 is 2.17 bits per heavy atom. The van der Waals surface area contributed by atoms with E-state index in [1.54, 1.807) is 11.8 Å². The number of anilines is 1. The van der Waals surface area contributed by atoms with Crippen LogP contribution in [0.3, 0.4) is 0 Å². The Hall–Kier alpha value is -1.75. The van der Waals surface area contributed by atoms with Gasteiger partial charge in [-0.3, -0.25) is 0 Å². The van der Waals surface area contributed by atoms with Crippen LogP contribution in [0.15, 0.2) is 12.1 Å². The fourth-order valence-electron chi connectivity index (χ4n) is 2.89. The molecule has 1 N–H and O–H groups in total. The minimum atomic E-state index is -0.511. The summed E-state index contributed by atoms with van der Waals surface area (Å²) in [7, 11) is 0. The Balaban J connectivity index is 2.10. The number of benzene rings is 1. The van der Waals surface area contributed by atoms with E-state index in [0.717, 1.165) is 24.3 Å². The maximum atomic E-state index is 12.2. The smallest absolute Gasteiger partial charge is 0.410 e. The van der Waals surface area contributed by atoms with Crippen LogP contribution in [0.1, 0.15) is 50.5 Å². The maximum Gasteiger partial charge on any atom is 0.410 e. The Labute approximate surface area is 145 Å². The van der Waals surface area contributed by atoms with Crippen LogP contribution in [-0.4, -0.2) is 47.9 Å². The van der Waals surface area contributed by atoms with Gasteiger partial charge in [0.2, 0.25) is 0 Å². The highest BCUT2D eigenvalue weighted by atomic mass is 16.6. The van der Waals surface area contributed by atoms with Gasteiger partial charge in [0.25, 0.3) is 0 Å². The predicted octanol–water partition coefficient (Wildman–Crippen LogP) is 3.41. The van der Waals surface area contributed by atoms with Crippen LogP contribution >= 0.6 is 0 Å². The van der Waals surface area contributed by atoms with Crippen molar-refractivity contribution < 1.29 is 14.6 Å². The Bertz CT molecular complexity index is 597. The second kappa shape index (κ2) is 7.01. The first-order chi connectivity index (χ1) is 11.1. The molecule has 1 heterocycles. The third kappa shape index (κ3) is 4.41. The Morgan fingerprint density at radius 1 is 1.12 bits per heavy atom. The third-order valence-corrected chi connectivity index (χ3v) is 4.37. The summed E-state index contributed by atoms with van der Waals surface area (Å²) >= 11 is 0. The summed E-state index contributed by atoms with van der Waals surface area (Å²) in [5, 5.41) is 10.1. The average Bonchev–Trinajstić information content (AvgIpc) is 2.48. The Kier molecular flexibility index (Phi) is 5.43. The van der Waals surface area contributed by atoms with E-state index in [2.05, 4.69) is 30.9 Å². The fourth-order valence-corrected chi connectivity index (χ4v) is 2.89. The molecule has 1 unspecified atom stereocenters. The van der Waals surface area contributed by atoms with Crippen molar-refractivity contribution in [2.45, 2.75) is 53.2 Å². The van der Waals surface area contributed by atoms with Gasteiger partial charge in [0.05, 0.1) is 6.10 Å². The molecule has 1 aliphatic rings. The number of hydrogen-bond acceptors (Lipinski definition) is 4. The van der Waals surface area contributed by atoms with Crippen LogP contribution in [0.25, 0.3) is 0 Å². The maximum absolute atomic E-state index is 12.2. The highest BCUT2D eigenvalue weighted by Crippen LogP contribution is 2.30. The molecule has 1 amide bonds. The van der Waals surface area contributed by atoms with Gasteiger partial charge in [0.1, 0.15) is 5.60 Å². The lowest BCUT2D eigenvalue weighted by Gasteiger charge is -2.38. The van der Waals surface area contributed by atoms with Crippen molar-refractivity contribution in [3.05, 3.63) is 28.8 Å². The number of piperazine rings is 1. The van der Waals surface area contributed by atoms with Gasteiger partial charge in [-0.2, -0.15) is 0 Å². The molecule has 2 rings (SSSR count). The van der Waals surface area contributed by atoms with Crippen molar-refractivity contribution in [3.8, 4) is 0 Å². The quantitative estimate of drug-likeness (QED) is 0.900. The molecule has 0 aromatic heterocycles. The topological polar surface area (TPSA) is 53.0 Å². The number of aliphatic hydroxyl groups excluding tert-OH is 1. The molecule has 0 spiro atoms. The first kappa shape index (κ1) is 18.6. The molecule has 5 nitrogen and oxygen atoms in total. The zero-order valence-electron chi connectivity index (χ0n) is 15.7. The zero-order chi connectivity index (χ0) is 18.1. The summed E-state index contributed by atoms with van der Waals surface area (Å²) < 4.78 is 5.44. The Morgan fingerprint density at radius 2 is 1.67 bits per heavy atom. The molecule has 24 heavy (non-hydrogen) atoms. The number of amides is 1. The largest absolute Gasteiger partial charge is 0.444 e. The average molecular weight is 334 g/mol. The van der Waals surface area contributed by atoms with Crippen LogP contribution in [-0.2, 0) is 4.74 Å². The van der Waals surface area contributed by atoms with E-state index in [1.807, 2.05) is 20.8 Å². The van der Waals surface area contributed by atoms with Crippen LogP contribution in [0.4, 0.5) is 10.5 Å². The molecule has 1 aromatic rings. The van der Waals surface area contributed by atoms with Gasteiger partial charge in [0.15, 0.2) is 0 Å². The molecule has 0 bridgehead atoms. The first-order valence-corrected chi connectivity index (χ1v) is 8.60. The van der Waals surface area contributed by atoms with Gasteiger partial charge in [-0.1, -0.05) is 6.07 Å². The van der Waals surface area contributed by atoms with Crippen molar-refractivity contribution in [2.24, 2.45) is 0 Å². The number of ether oxygens (including phenoxy) is 1. The molecule has 1 saturated heterocycles. The second-order valence-electron chi connectivity index (χ2n) is 7.63. The standard InChI is InChI=1S/C19H30N2O3/c1-13-11-16(15(3)22)17(12-14(13)2)20-7-9-21(10-8-20)18(23)24-19(4,5)6/h11-12,15,22H,7-10H2,1-6H3. The van der Waals surface area contributed by atoms with Gasteiger partial charge in [-0.15, -0.1) is 0 Å². The molecular formula is C19H30N2O3. The number of carbonyl (C=O) groups is 1. The van der Waals surface area contributed by atoms with Gasteiger partial charge in [-0.05, 0) is 58.7 Å². The highest BCUT2D eigenvalue weighted by molar-refractivity contribution is 5.69. The first-order valence-electron chi connectivity index (χ1n) is 8.60. The van der Waals surface area contributed by atoms with Crippen LogP contribution in [0, 0.1) is 13.8 Å². The molecular weight excluding hydrogens is 304 g/mol. The van der Waals surface area contributed by atoms with Crippen LogP contribution < -0.4 is 4.90 Å². The monoisotopic (exact) mass is 334 g/mol. The number of aliphatic hydroxyl groups is 1. The predicted molar refractivity (Wildman–Crippen MR) is 96.6 cm³/mol. The van der Waals surface area contributed by atoms with Crippen LogP contribution in [0.2, 0.25) is 0 Å². The second-order valence-corrected chi connectivity index (χ2v) is 7.63. The van der Waals surface area contributed by atoms with Crippen molar-refractivity contribution in [1.82, 2.24) is 4.90 Å². The number of hydrogen-bond donors (Lipinski definition) is 1. The zero-order valence-corrected chi connectivity index (χ0v) is 15.7. The molecule has 1 atom stereocenters. The van der Waals surface area contributed by atoms with Crippen molar-refractivity contribution in [2.75, 3.05) is 31.1 Å². The lowest BCUT2D eigenvalue weighted by atomic mass is 9.99. The van der Waals surface area contributed by atoms with Crippen molar-refractivity contribution in [3.63, 3.8) is 0 Å². The molecule has 1 fully saturated rings. The third-order valence-electron chi connectivity index (χ3n) is 4.37. The van der Waals surface area contributed by atoms with Crippen molar-refractivity contribution >= 4 is 11.8 Å². The van der Waals surface area contributed by atoms with Gasteiger partial charge >= 0.3 is 6.09 Å². The molecule has 1 aliphatic heterocycles. The molecule has 0 saturated carbocycles. The number of nitrogens with zero attached hydrogens (tertiary/aromatic N) is 2. The SMILES string of the molecule is Cc1cc(C(C)O)c(N2CCN(C(=O)OC(C)(C)C)CC2)cc1C. The van der Waals surface area contributed by atoms with E-state index < -0.39 is 11.7 Å². The van der Waals surface area contributed by atoms with E-state index in [1.165, 1.54) is 11.1 Å². The summed E-state index contributed by atoms with van der Waals surface area (Å²) in [5.74, 6) is 0. The van der Waals surface area contributed by atoms with E-state index in [-0.39, 0.29) is 6.09 Å². The molecule has 0 aliphatic carbocycles. The molecule has 5 heteroatoms. The lowest BCUT2D eigenvalue weighted by Crippen LogP contribution is -2.50. The van der Waals surface area contributed by atoms with E-state index in [9.17, 15) is 9.90 Å². The fraction of sp³-hybridized carbons (Fsp3) is 0.632. The van der Waals surface area contributed by atoms with E-state index in [0.29, 0.717) is 13.1 Å². The van der Waals surface area contributed by atoms with Crippen molar-refractivity contribution in [1.29, 1.82) is 0 Å². The number of aryl methyl sites for hydroxylation is 2. The normalized spacial score (nSPS) is 17.0. The molecule has 1 aromatic carbocycles. The summed E-state index contributed by atoms with van der Waals surface area (Å²) in [6.45, 7) is 14.3.